The van der Waals surface area contributed by atoms with E-state index < -0.39 is 0 Å². The molecule has 1 aromatic carbocycles. The summed E-state index contributed by atoms with van der Waals surface area (Å²) in [5, 5.41) is 8.88. The summed E-state index contributed by atoms with van der Waals surface area (Å²) in [6.45, 7) is 2.41. The van der Waals surface area contributed by atoms with Crippen LogP contribution in [-0.2, 0) is 0 Å². The van der Waals surface area contributed by atoms with Crippen LogP contribution in [0.15, 0.2) is 18.2 Å². The SMILES string of the molecule is Cc1ccc2c(c1)O[C@H](CO)CO2. The molecular weight excluding hydrogens is 168 g/mol. The number of hydrogen-bond acceptors (Lipinski definition) is 3. The van der Waals surface area contributed by atoms with Gasteiger partial charge in [-0.25, -0.2) is 0 Å². The highest BCUT2D eigenvalue weighted by Gasteiger charge is 2.19. The van der Waals surface area contributed by atoms with Gasteiger partial charge in [0.2, 0.25) is 0 Å². The molecule has 70 valence electrons. The zero-order valence-electron chi connectivity index (χ0n) is 7.49. The van der Waals surface area contributed by atoms with E-state index in [-0.39, 0.29) is 12.7 Å². The second-order valence-electron chi connectivity index (χ2n) is 3.18. The van der Waals surface area contributed by atoms with E-state index in [0.717, 1.165) is 17.1 Å². The highest BCUT2D eigenvalue weighted by Crippen LogP contribution is 2.32. The van der Waals surface area contributed by atoms with E-state index in [1.165, 1.54) is 0 Å². The van der Waals surface area contributed by atoms with Crippen molar-refractivity contribution in [3.8, 4) is 11.5 Å². The van der Waals surface area contributed by atoms with Crippen LogP contribution in [0.1, 0.15) is 5.56 Å². The van der Waals surface area contributed by atoms with Crippen LogP contribution >= 0.6 is 0 Å². The predicted octanol–water partition coefficient (Wildman–Crippen LogP) is 1.13. The quantitative estimate of drug-likeness (QED) is 0.704. The molecule has 2 rings (SSSR count). The Labute approximate surface area is 76.9 Å². The first kappa shape index (κ1) is 8.38. The molecular formula is C10H12O3. The van der Waals surface area contributed by atoms with Crippen LogP contribution in [-0.4, -0.2) is 24.4 Å². The summed E-state index contributed by atoms with van der Waals surface area (Å²) >= 11 is 0. The van der Waals surface area contributed by atoms with E-state index in [1.807, 2.05) is 25.1 Å². The van der Waals surface area contributed by atoms with Gasteiger partial charge >= 0.3 is 0 Å². The number of hydrogen-bond donors (Lipinski definition) is 1. The van der Waals surface area contributed by atoms with Gasteiger partial charge in [0, 0.05) is 0 Å². The summed E-state index contributed by atoms with van der Waals surface area (Å²) in [6.07, 6.45) is -0.228. The minimum Gasteiger partial charge on any atom is -0.486 e. The molecule has 1 aliphatic heterocycles. The Morgan fingerprint density at radius 2 is 2.31 bits per heavy atom. The molecule has 0 aliphatic carbocycles. The Morgan fingerprint density at radius 1 is 1.46 bits per heavy atom. The minimum absolute atomic E-state index is 0.00657. The molecule has 0 fully saturated rings. The molecule has 13 heavy (non-hydrogen) atoms. The minimum atomic E-state index is -0.228. The lowest BCUT2D eigenvalue weighted by Crippen LogP contribution is -2.32. The van der Waals surface area contributed by atoms with Crippen LogP contribution in [0.25, 0.3) is 0 Å². The summed E-state index contributed by atoms with van der Waals surface area (Å²) in [6, 6.07) is 5.77. The standard InChI is InChI=1S/C10H12O3/c1-7-2-3-9-10(4-7)13-8(5-11)6-12-9/h2-4,8,11H,5-6H2,1H3/t8-/m1/s1. The molecule has 0 aromatic heterocycles. The maximum absolute atomic E-state index is 8.88. The first-order chi connectivity index (χ1) is 6.29. The van der Waals surface area contributed by atoms with Gasteiger partial charge in [-0.05, 0) is 24.6 Å². The summed E-state index contributed by atoms with van der Waals surface area (Å²) in [5.41, 5.74) is 1.13. The maximum Gasteiger partial charge on any atom is 0.162 e. The molecule has 1 aliphatic rings. The van der Waals surface area contributed by atoms with Crippen molar-refractivity contribution in [3.05, 3.63) is 23.8 Å². The van der Waals surface area contributed by atoms with Gasteiger partial charge < -0.3 is 14.6 Å². The summed E-state index contributed by atoms with van der Waals surface area (Å²) < 4.78 is 10.9. The fourth-order valence-corrected chi connectivity index (χ4v) is 1.31. The first-order valence-corrected chi connectivity index (χ1v) is 4.30. The van der Waals surface area contributed by atoms with Crippen LogP contribution in [0.4, 0.5) is 0 Å². The lowest BCUT2D eigenvalue weighted by atomic mass is 10.2. The third-order valence-electron chi connectivity index (χ3n) is 2.02. The van der Waals surface area contributed by atoms with Gasteiger partial charge in [-0.2, -0.15) is 0 Å². The molecule has 0 spiro atoms. The lowest BCUT2D eigenvalue weighted by Gasteiger charge is -2.25. The number of ether oxygens (including phenoxy) is 2. The number of aryl methyl sites for hydroxylation is 1. The van der Waals surface area contributed by atoms with Crippen molar-refractivity contribution in [1.29, 1.82) is 0 Å². The van der Waals surface area contributed by atoms with Gasteiger partial charge in [0.05, 0.1) is 6.61 Å². The van der Waals surface area contributed by atoms with Crippen molar-refractivity contribution in [2.24, 2.45) is 0 Å². The van der Waals surface area contributed by atoms with E-state index in [4.69, 9.17) is 14.6 Å². The Kier molecular flexibility index (Phi) is 2.10. The van der Waals surface area contributed by atoms with E-state index in [2.05, 4.69) is 0 Å². The van der Waals surface area contributed by atoms with Crippen LogP contribution in [0.5, 0.6) is 11.5 Å². The summed E-state index contributed by atoms with van der Waals surface area (Å²) in [7, 11) is 0. The zero-order valence-corrected chi connectivity index (χ0v) is 7.49. The zero-order chi connectivity index (χ0) is 9.26. The average molecular weight is 180 g/mol. The van der Waals surface area contributed by atoms with E-state index in [1.54, 1.807) is 0 Å². The average Bonchev–Trinajstić information content (AvgIpc) is 2.16. The maximum atomic E-state index is 8.88. The smallest absolute Gasteiger partial charge is 0.162 e. The van der Waals surface area contributed by atoms with Crippen LogP contribution in [0.3, 0.4) is 0 Å². The predicted molar refractivity (Wildman–Crippen MR) is 48.2 cm³/mol. The van der Waals surface area contributed by atoms with Crippen LogP contribution in [0.2, 0.25) is 0 Å². The molecule has 3 heteroatoms. The number of benzene rings is 1. The van der Waals surface area contributed by atoms with Crippen molar-refractivity contribution < 1.29 is 14.6 Å². The second kappa shape index (κ2) is 3.26. The van der Waals surface area contributed by atoms with Gasteiger partial charge in [0.15, 0.2) is 17.6 Å². The number of aliphatic hydroxyl groups excluding tert-OH is 1. The molecule has 3 nitrogen and oxygen atoms in total. The fraction of sp³-hybridized carbons (Fsp3) is 0.400. The Balaban J connectivity index is 2.27. The summed E-state index contributed by atoms with van der Waals surface area (Å²) in [4.78, 5) is 0. The molecule has 0 radical (unpaired) electrons. The highest BCUT2D eigenvalue weighted by atomic mass is 16.6. The van der Waals surface area contributed by atoms with Gasteiger partial charge in [-0.15, -0.1) is 0 Å². The molecule has 0 amide bonds. The van der Waals surface area contributed by atoms with Crippen molar-refractivity contribution in [2.45, 2.75) is 13.0 Å². The highest BCUT2D eigenvalue weighted by molar-refractivity contribution is 5.43. The lowest BCUT2D eigenvalue weighted by molar-refractivity contribution is 0.0456. The Bertz CT molecular complexity index is 309. The normalized spacial score (nSPS) is 20.0. The van der Waals surface area contributed by atoms with E-state index >= 15 is 0 Å². The molecule has 0 saturated carbocycles. The van der Waals surface area contributed by atoms with Crippen LogP contribution in [0, 0.1) is 6.92 Å². The van der Waals surface area contributed by atoms with E-state index in [0.29, 0.717) is 6.61 Å². The molecule has 1 atom stereocenters. The Morgan fingerprint density at radius 3 is 3.08 bits per heavy atom. The molecule has 0 unspecified atom stereocenters. The van der Waals surface area contributed by atoms with E-state index in [9.17, 15) is 0 Å². The topological polar surface area (TPSA) is 38.7 Å². The molecule has 0 saturated heterocycles. The summed E-state index contributed by atoms with van der Waals surface area (Å²) in [5.74, 6) is 1.49. The van der Waals surface area contributed by atoms with Gasteiger partial charge in [-0.1, -0.05) is 6.07 Å². The third kappa shape index (κ3) is 1.60. The Hall–Kier alpha value is -1.22. The number of rotatable bonds is 1. The molecule has 1 N–H and O–H groups in total. The fourth-order valence-electron chi connectivity index (χ4n) is 1.31. The van der Waals surface area contributed by atoms with Crippen molar-refractivity contribution in [2.75, 3.05) is 13.2 Å². The number of fused-ring (bicyclic) bond motifs is 1. The monoisotopic (exact) mass is 180 g/mol. The van der Waals surface area contributed by atoms with Crippen molar-refractivity contribution in [3.63, 3.8) is 0 Å². The third-order valence-corrected chi connectivity index (χ3v) is 2.02. The number of aliphatic hydroxyl groups is 1. The van der Waals surface area contributed by atoms with Gasteiger partial charge in [-0.3, -0.25) is 0 Å². The first-order valence-electron chi connectivity index (χ1n) is 4.30. The molecule has 1 heterocycles. The van der Waals surface area contributed by atoms with Gasteiger partial charge in [0.1, 0.15) is 6.61 Å². The van der Waals surface area contributed by atoms with Gasteiger partial charge in [0.25, 0.3) is 0 Å². The molecule has 0 bridgehead atoms. The van der Waals surface area contributed by atoms with Crippen molar-refractivity contribution >= 4 is 0 Å². The van der Waals surface area contributed by atoms with Crippen LogP contribution < -0.4 is 9.47 Å². The van der Waals surface area contributed by atoms with Crippen molar-refractivity contribution in [1.82, 2.24) is 0 Å². The largest absolute Gasteiger partial charge is 0.486 e. The second-order valence-corrected chi connectivity index (χ2v) is 3.18. The molecule has 1 aromatic rings.